The summed E-state index contributed by atoms with van der Waals surface area (Å²) in [6, 6.07) is 13.4. The predicted octanol–water partition coefficient (Wildman–Crippen LogP) is 3.45. The van der Waals surface area contributed by atoms with Crippen molar-refractivity contribution >= 4 is 17.5 Å². The van der Waals surface area contributed by atoms with Gasteiger partial charge in [0.1, 0.15) is 5.82 Å². The van der Waals surface area contributed by atoms with Crippen molar-refractivity contribution in [2.75, 3.05) is 31.1 Å². The molecule has 0 radical (unpaired) electrons. The summed E-state index contributed by atoms with van der Waals surface area (Å²) >= 11 is 0. The highest BCUT2D eigenvalue weighted by Gasteiger charge is 2.17. The Hall–Kier alpha value is -2.89. The maximum Gasteiger partial charge on any atom is 0.254 e. The van der Waals surface area contributed by atoms with E-state index in [0.29, 0.717) is 18.7 Å². The molecule has 6 heteroatoms. The second-order valence-electron chi connectivity index (χ2n) is 6.44. The van der Waals surface area contributed by atoms with Crippen LogP contribution in [0.4, 0.5) is 10.1 Å². The average molecular weight is 385 g/mol. The summed E-state index contributed by atoms with van der Waals surface area (Å²) in [5, 5.41) is 2.77. The number of benzene rings is 2. The van der Waals surface area contributed by atoms with Crippen LogP contribution < -0.4 is 10.2 Å². The lowest BCUT2D eigenvalue weighted by Gasteiger charge is -2.23. The molecule has 0 saturated carbocycles. The van der Waals surface area contributed by atoms with E-state index < -0.39 is 0 Å². The second kappa shape index (κ2) is 10.4. The monoisotopic (exact) mass is 385 g/mol. The third-order valence-electron chi connectivity index (χ3n) is 4.65. The molecule has 2 rings (SSSR count). The minimum atomic E-state index is -0.315. The van der Waals surface area contributed by atoms with Gasteiger partial charge >= 0.3 is 0 Å². The molecule has 0 aliphatic carbocycles. The molecule has 150 valence electrons. The van der Waals surface area contributed by atoms with E-state index in [1.807, 2.05) is 19.1 Å². The maximum absolute atomic E-state index is 12.9. The molecule has 28 heavy (non-hydrogen) atoms. The number of rotatable bonds is 9. The van der Waals surface area contributed by atoms with E-state index in [0.717, 1.165) is 24.3 Å². The van der Waals surface area contributed by atoms with E-state index in [1.165, 1.54) is 17.0 Å². The minimum Gasteiger partial charge on any atom is -0.372 e. The van der Waals surface area contributed by atoms with Gasteiger partial charge in [0.15, 0.2) is 0 Å². The van der Waals surface area contributed by atoms with Crippen LogP contribution in [0.3, 0.4) is 0 Å². The number of likely N-dealkylation sites (N-methyl/N-ethyl adjacent to an activating group) is 1. The highest BCUT2D eigenvalue weighted by Crippen LogP contribution is 2.16. The summed E-state index contributed by atoms with van der Waals surface area (Å²) < 4.78 is 12.9. The van der Waals surface area contributed by atoms with Crippen LogP contribution in [0.5, 0.6) is 0 Å². The highest BCUT2D eigenvalue weighted by molar-refractivity contribution is 5.96. The van der Waals surface area contributed by atoms with Crippen LogP contribution in [0.1, 0.15) is 36.7 Å². The summed E-state index contributed by atoms with van der Waals surface area (Å²) in [6.07, 6.45) is 0. The Bertz CT molecular complexity index is 771. The Balaban J connectivity index is 1.94. The van der Waals surface area contributed by atoms with Gasteiger partial charge in [-0.05, 0) is 62.7 Å². The third kappa shape index (κ3) is 5.81. The van der Waals surface area contributed by atoms with Gasteiger partial charge in [-0.15, -0.1) is 0 Å². The van der Waals surface area contributed by atoms with E-state index in [-0.39, 0.29) is 24.2 Å². The van der Waals surface area contributed by atoms with Crippen molar-refractivity contribution in [3.05, 3.63) is 65.5 Å². The standard InChI is InChI=1S/C22H28FN3O2/c1-4-25(5-2)20-13-9-18(10-14-20)22(28)26(6-3)16-21(27)24-15-17-7-11-19(23)12-8-17/h7-14H,4-6,15-16H2,1-3H3,(H,24,27). The van der Waals surface area contributed by atoms with Crippen LogP contribution in [0.25, 0.3) is 0 Å². The molecular formula is C22H28FN3O2. The van der Waals surface area contributed by atoms with Crippen molar-refractivity contribution in [2.45, 2.75) is 27.3 Å². The summed E-state index contributed by atoms with van der Waals surface area (Å²) in [6.45, 7) is 8.53. The first-order valence-electron chi connectivity index (χ1n) is 9.63. The highest BCUT2D eigenvalue weighted by atomic mass is 19.1. The number of hydrogen-bond donors (Lipinski definition) is 1. The molecule has 0 unspecified atom stereocenters. The fourth-order valence-corrected chi connectivity index (χ4v) is 2.95. The lowest BCUT2D eigenvalue weighted by molar-refractivity contribution is -0.121. The van der Waals surface area contributed by atoms with Gasteiger partial charge in [-0.25, -0.2) is 4.39 Å². The number of anilines is 1. The van der Waals surface area contributed by atoms with Crippen LogP contribution in [-0.2, 0) is 11.3 Å². The molecule has 0 saturated heterocycles. The fourth-order valence-electron chi connectivity index (χ4n) is 2.95. The Morgan fingerprint density at radius 3 is 2.04 bits per heavy atom. The largest absolute Gasteiger partial charge is 0.372 e. The molecular weight excluding hydrogens is 357 g/mol. The van der Waals surface area contributed by atoms with Gasteiger partial charge in [0.05, 0.1) is 6.54 Å². The number of halogens is 1. The molecule has 0 heterocycles. The van der Waals surface area contributed by atoms with Crippen molar-refractivity contribution in [1.29, 1.82) is 0 Å². The first-order valence-corrected chi connectivity index (χ1v) is 9.63. The number of nitrogens with one attached hydrogen (secondary N) is 1. The Kier molecular flexibility index (Phi) is 7.99. The lowest BCUT2D eigenvalue weighted by atomic mass is 10.1. The molecule has 0 fully saturated rings. The van der Waals surface area contributed by atoms with Gasteiger partial charge in [0.2, 0.25) is 5.91 Å². The number of carbonyl (C=O) groups excluding carboxylic acids is 2. The lowest BCUT2D eigenvalue weighted by Crippen LogP contribution is -2.40. The fraction of sp³-hybridized carbons (Fsp3) is 0.364. The zero-order valence-electron chi connectivity index (χ0n) is 16.7. The normalized spacial score (nSPS) is 10.4. The molecule has 0 aromatic heterocycles. The third-order valence-corrected chi connectivity index (χ3v) is 4.65. The molecule has 2 aromatic rings. The van der Waals surface area contributed by atoms with E-state index >= 15 is 0 Å². The van der Waals surface area contributed by atoms with Crippen molar-refractivity contribution in [3.8, 4) is 0 Å². The zero-order valence-corrected chi connectivity index (χ0v) is 16.7. The molecule has 5 nitrogen and oxygen atoms in total. The van der Waals surface area contributed by atoms with E-state index in [2.05, 4.69) is 24.1 Å². The molecule has 0 aliphatic rings. The number of carbonyl (C=O) groups is 2. The van der Waals surface area contributed by atoms with Gasteiger partial charge in [0, 0.05) is 37.4 Å². The molecule has 0 atom stereocenters. The Morgan fingerprint density at radius 2 is 1.50 bits per heavy atom. The number of amides is 2. The minimum absolute atomic E-state index is 0.0195. The van der Waals surface area contributed by atoms with Crippen molar-refractivity contribution in [3.63, 3.8) is 0 Å². The van der Waals surface area contributed by atoms with E-state index in [1.54, 1.807) is 24.3 Å². The van der Waals surface area contributed by atoms with Gasteiger partial charge in [-0.1, -0.05) is 12.1 Å². The summed E-state index contributed by atoms with van der Waals surface area (Å²) in [4.78, 5) is 28.7. The van der Waals surface area contributed by atoms with Crippen molar-refractivity contribution in [2.24, 2.45) is 0 Å². The summed E-state index contributed by atoms with van der Waals surface area (Å²) in [7, 11) is 0. The summed E-state index contributed by atoms with van der Waals surface area (Å²) in [5.41, 5.74) is 2.43. The predicted molar refractivity (Wildman–Crippen MR) is 110 cm³/mol. The van der Waals surface area contributed by atoms with Crippen LogP contribution in [0.2, 0.25) is 0 Å². The SMILES string of the molecule is CCN(CC(=O)NCc1ccc(F)cc1)C(=O)c1ccc(N(CC)CC)cc1. The molecule has 1 N–H and O–H groups in total. The molecule has 2 aromatic carbocycles. The maximum atomic E-state index is 12.9. The van der Waals surface area contributed by atoms with Crippen LogP contribution in [0, 0.1) is 5.82 Å². The first-order chi connectivity index (χ1) is 13.5. The summed E-state index contributed by atoms with van der Waals surface area (Å²) in [5.74, 6) is -0.741. The molecule has 0 spiro atoms. The zero-order chi connectivity index (χ0) is 20.5. The Morgan fingerprint density at radius 1 is 0.893 bits per heavy atom. The van der Waals surface area contributed by atoms with Gasteiger partial charge < -0.3 is 15.1 Å². The van der Waals surface area contributed by atoms with Crippen LogP contribution >= 0.6 is 0 Å². The first kappa shape index (κ1) is 21.4. The molecule has 0 bridgehead atoms. The topological polar surface area (TPSA) is 52.7 Å². The quantitative estimate of drug-likeness (QED) is 0.719. The smallest absolute Gasteiger partial charge is 0.254 e. The van der Waals surface area contributed by atoms with Gasteiger partial charge in [0.25, 0.3) is 5.91 Å². The number of hydrogen-bond acceptors (Lipinski definition) is 3. The second-order valence-corrected chi connectivity index (χ2v) is 6.44. The van der Waals surface area contributed by atoms with E-state index in [9.17, 15) is 14.0 Å². The van der Waals surface area contributed by atoms with Crippen LogP contribution in [-0.4, -0.2) is 42.9 Å². The Labute approximate surface area is 166 Å². The van der Waals surface area contributed by atoms with Crippen molar-refractivity contribution < 1.29 is 14.0 Å². The average Bonchev–Trinajstić information content (AvgIpc) is 2.72. The number of nitrogens with zero attached hydrogens (tertiary/aromatic N) is 2. The van der Waals surface area contributed by atoms with Gasteiger partial charge in [-0.3, -0.25) is 9.59 Å². The van der Waals surface area contributed by atoms with Gasteiger partial charge in [-0.2, -0.15) is 0 Å². The van der Waals surface area contributed by atoms with E-state index in [4.69, 9.17) is 0 Å². The molecule has 0 aliphatic heterocycles. The van der Waals surface area contributed by atoms with Crippen LogP contribution in [0.15, 0.2) is 48.5 Å². The van der Waals surface area contributed by atoms with Crippen molar-refractivity contribution in [1.82, 2.24) is 10.2 Å². The molecule has 2 amide bonds.